The summed E-state index contributed by atoms with van der Waals surface area (Å²) in [7, 11) is 0. The van der Waals surface area contributed by atoms with Crippen LogP contribution in [0.5, 0.6) is 0 Å². The Kier molecular flexibility index (Phi) is 3.80. The van der Waals surface area contributed by atoms with Gasteiger partial charge in [-0.2, -0.15) is 0 Å². The Balaban J connectivity index is 1.77. The Morgan fingerprint density at radius 3 is 3.00 bits per heavy atom. The van der Waals surface area contributed by atoms with Crippen LogP contribution in [0, 0.1) is 5.92 Å². The number of nitrogens with zero attached hydrogens (tertiary/aromatic N) is 1. The first-order valence-corrected chi connectivity index (χ1v) is 6.21. The molecular weight excluding hydrogens is 204 g/mol. The Labute approximate surface area is 96.5 Å². The molecule has 2 aliphatic rings. The van der Waals surface area contributed by atoms with Gasteiger partial charge in [-0.25, -0.2) is 0 Å². The largest absolute Gasteiger partial charge is 0.479 e. The Hall–Kier alpha value is -1.06. The zero-order valence-corrected chi connectivity index (χ0v) is 9.87. The Bertz CT molecular complexity index is 289. The number of hydrogen-bond donors (Lipinski definition) is 1. The normalized spacial score (nSPS) is 29.4. The highest BCUT2D eigenvalue weighted by atomic mass is 16.5. The summed E-state index contributed by atoms with van der Waals surface area (Å²) < 4.78 is 5.23. The second kappa shape index (κ2) is 5.32. The van der Waals surface area contributed by atoms with E-state index in [0.717, 1.165) is 6.42 Å². The van der Waals surface area contributed by atoms with Crippen molar-refractivity contribution in [1.82, 2.24) is 5.32 Å². The number of nitrogens with one attached hydrogen (secondary N) is 1. The van der Waals surface area contributed by atoms with Crippen LogP contribution in [0.25, 0.3) is 0 Å². The fraction of sp³-hybridized carbons (Fsp3) is 0.833. The lowest BCUT2D eigenvalue weighted by Gasteiger charge is -2.29. The SMILES string of the molecule is CC1CCCCC1NC(=O)CC1=NCCO1. The van der Waals surface area contributed by atoms with Crippen molar-refractivity contribution in [2.75, 3.05) is 13.2 Å². The summed E-state index contributed by atoms with van der Waals surface area (Å²) in [6, 6.07) is 0.350. The van der Waals surface area contributed by atoms with Gasteiger partial charge in [0.25, 0.3) is 0 Å². The van der Waals surface area contributed by atoms with Crippen LogP contribution in [0.15, 0.2) is 4.99 Å². The number of hydrogen-bond acceptors (Lipinski definition) is 3. The van der Waals surface area contributed by atoms with Gasteiger partial charge in [-0.15, -0.1) is 0 Å². The molecule has 1 aliphatic carbocycles. The van der Waals surface area contributed by atoms with Gasteiger partial charge >= 0.3 is 0 Å². The molecule has 4 nitrogen and oxygen atoms in total. The number of aliphatic imine (C=N–C) groups is 1. The van der Waals surface area contributed by atoms with Crippen molar-refractivity contribution in [3.05, 3.63) is 0 Å². The molecule has 1 saturated carbocycles. The number of rotatable bonds is 3. The van der Waals surface area contributed by atoms with E-state index in [1.54, 1.807) is 0 Å². The van der Waals surface area contributed by atoms with Crippen LogP contribution in [0.3, 0.4) is 0 Å². The van der Waals surface area contributed by atoms with Crippen LogP contribution in [0.4, 0.5) is 0 Å². The molecule has 0 bridgehead atoms. The van der Waals surface area contributed by atoms with Crippen molar-refractivity contribution in [2.24, 2.45) is 10.9 Å². The summed E-state index contributed by atoms with van der Waals surface area (Å²) in [5, 5.41) is 3.10. The third kappa shape index (κ3) is 2.97. The molecule has 16 heavy (non-hydrogen) atoms. The summed E-state index contributed by atoms with van der Waals surface area (Å²) >= 11 is 0. The molecule has 1 aliphatic heterocycles. The first-order valence-electron chi connectivity index (χ1n) is 6.21. The third-order valence-electron chi connectivity index (χ3n) is 3.42. The highest BCUT2D eigenvalue weighted by molar-refractivity contribution is 5.97. The van der Waals surface area contributed by atoms with Gasteiger partial charge in [-0.05, 0) is 18.8 Å². The van der Waals surface area contributed by atoms with Crippen molar-refractivity contribution >= 4 is 11.8 Å². The van der Waals surface area contributed by atoms with E-state index in [2.05, 4.69) is 17.2 Å². The summed E-state index contributed by atoms with van der Waals surface area (Å²) in [6.07, 6.45) is 5.17. The molecule has 0 aromatic carbocycles. The van der Waals surface area contributed by atoms with E-state index < -0.39 is 0 Å². The molecule has 1 N–H and O–H groups in total. The maximum atomic E-state index is 11.7. The third-order valence-corrected chi connectivity index (χ3v) is 3.42. The molecule has 0 aromatic heterocycles. The smallest absolute Gasteiger partial charge is 0.229 e. The first kappa shape index (κ1) is 11.4. The zero-order chi connectivity index (χ0) is 11.4. The van der Waals surface area contributed by atoms with Crippen molar-refractivity contribution in [1.29, 1.82) is 0 Å². The highest BCUT2D eigenvalue weighted by Gasteiger charge is 2.23. The fourth-order valence-corrected chi connectivity index (χ4v) is 2.41. The monoisotopic (exact) mass is 224 g/mol. The van der Waals surface area contributed by atoms with E-state index in [0.29, 0.717) is 37.4 Å². The van der Waals surface area contributed by atoms with Crippen molar-refractivity contribution in [3.8, 4) is 0 Å². The minimum Gasteiger partial charge on any atom is -0.479 e. The van der Waals surface area contributed by atoms with Crippen LogP contribution in [-0.2, 0) is 9.53 Å². The zero-order valence-electron chi connectivity index (χ0n) is 9.87. The van der Waals surface area contributed by atoms with Gasteiger partial charge in [-0.3, -0.25) is 9.79 Å². The van der Waals surface area contributed by atoms with E-state index in [1.165, 1.54) is 19.3 Å². The minimum atomic E-state index is 0.0550. The Morgan fingerprint density at radius 2 is 2.31 bits per heavy atom. The highest BCUT2D eigenvalue weighted by Crippen LogP contribution is 2.23. The molecule has 0 spiro atoms. The van der Waals surface area contributed by atoms with E-state index in [-0.39, 0.29) is 5.91 Å². The van der Waals surface area contributed by atoms with Crippen LogP contribution in [-0.4, -0.2) is 31.0 Å². The molecule has 1 amide bonds. The number of ether oxygens (including phenoxy) is 1. The molecule has 4 heteroatoms. The van der Waals surface area contributed by atoms with Gasteiger partial charge in [0.2, 0.25) is 5.91 Å². The molecule has 1 fully saturated rings. The summed E-state index contributed by atoms with van der Waals surface area (Å²) in [5.74, 6) is 1.25. The van der Waals surface area contributed by atoms with E-state index >= 15 is 0 Å². The van der Waals surface area contributed by atoms with Crippen molar-refractivity contribution in [3.63, 3.8) is 0 Å². The first-order chi connectivity index (χ1) is 7.75. The van der Waals surface area contributed by atoms with Gasteiger partial charge in [-0.1, -0.05) is 19.8 Å². The molecule has 1 heterocycles. The average Bonchev–Trinajstić information content (AvgIpc) is 2.74. The van der Waals surface area contributed by atoms with E-state index in [9.17, 15) is 4.79 Å². The van der Waals surface area contributed by atoms with Crippen molar-refractivity contribution < 1.29 is 9.53 Å². The quantitative estimate of drug-likeness (QED) is 0.789. The van der Waals surface area contributed by atoms with E-state index in [1.807, 2.05) is 0 Å². The lowest BCUT2D eigenvalue weighted by atomic mass is 9.86. The van der Waals surface area contributed by atoms with Gasteiger partial charge in [0.15, 0.2) is 5.90 Å². The molecule has 90 valence electrons. The van der Waals surface area contributed by atoms with Crippen LogP contribution >= 0.6 is 0 Å². The predicted molar refractivity (Wildman–Crippen MR) is 62.4 cm³/mol. The van der Waals surface area contributed by atoms with Crippen LogP contribution in [0.1, 0.15) is 39.0 Å². The van der Waals surface area contributed by atoms with Crippen molar-refractivity contribution in [2.45, 2.75) is 45.1 Å². The molecule has 0 saturated heterocycles. The number of carbonyl (C=O) groups is 1. The lowest BCUT2D eigenvalue weighted by molar-refractivity contribution is -0.121. The standard InChI is InChI=1S/C12H20N2O2/c1-9-4-2-3-5-10(9)14-11(15)8-12-13-6-7-16-12/h9-10H,2-8H2,1H3,(H,14,15). The molecule has 2 atom stereocenters. The Morgan fingerprint density at radius 1 is 1.50 bits per heavy atom. The average molecular weight is 224 g/mol. The lowest BCUT2D eigenvalue weighted by Crippen LogP contribution is -2.41. The summed E-state index contributed by atoms with van der Waals surface area (Å²) in [6.45, 7) is 3.54. The minimum absolute atomic E-state index is 0.0550. The van der Waals surface area contributed by atoms with Crippen LogP contribution < -0.4 is 5.32 Å². The second-order valence-corrected chi connectivity index (χ2v) is 4.74. The predicted octanol–water partition coefficient (Wildman–Crippen LogP) is 1.50. The second-order valence-electron chi connectivity index (χ2n) is 4.74. The van der Waals surface area contributed by atoms with Gasteiger partial charge in [0.1, 0.15) is 13.0 Å². The molecule has 2 rings (SSSR count). The van der Waals surface area contributed by atoms with E-state index in [4.69, 9.17) is 4.74 Å². The molecule has 0 radical (unpaired) electrons. The van der Waals surface area contributed by atoms with Gasteiger partial charge in [0, 0.05) is 6.04 Å². The van der Waals surface area contributed by atoms with Crippen LogP contribution in [0.2, 0.25) is 0 Å². The van der Waals surface area contributed by atoms with Gasteiger partial charge < -0.3 is 10.1 Å². The number of carbonyl (C=O) groups excluding carboxylic acids is 1. The number of amides is 1. The summed E-state index contributed by atoms with van der Waals surface area (Å²) in [4.78, 5) is 15.9. The topological polar surface area (TPSA) is 50.7 Å². The fourth-order valence-electron chi connectivity index (χ4n) is 2.41. The maximum Gasteiger partial charge on any atom is 0.229 e. The molecule has 0 aromatic rings. The summed E-state index contributed by atoms with van der Waals surface area (Å²) in [5.41, 5.74) is 0. The van der Waals surface area contributed by atoms with Gasteiger partial charge in [0.05, 0.1) is 6.54 Å². The molecular formula is C12H20N2O2. The molecule has 2 unspecified atom stereocenters. The maximum absolute atomic E-state index is 11.7.